The Hall–Kier alpha value is -3.69. The highest BCUT2D eigenvalue weighted by Crippen LogP contribution is 2.22. The maximum Gasteiger partial charge on any atom is 0.389 e. The van der Waals surface area contributed by atoms with Gasteiger partial charge in [0.05, 0.1) is 6.54 Å². The lowest BCUT2D eigenvalue weighted by molar-refractivity contribution is -0.135. The number of benzene rings is 1. The summed E-state index contributed by atoms with van der Waals surface area (Å²) in [5.41, 5.74) is -2.36. The van der Waals surface area contributed by atoms with Crippen LogP contribution in [0, 0.1) is 17.5 Å². The molecule has 0 saturated carbocycles. The number of imidazole rings is 1. The minimum absolute atomic E-state index is 0.0309. The Bertz CT molecular complexity index is 1530. The summed E-state index contributed by atoms with van der Waals surface area (Å²) >= 11 is 5.81. The first-order valence-corrected chi connectivity index (χ1v) is 11.2. The van der Waals surface area contributed by atoms with Crippen molar-refractivity contribution in [1.82, 2.24) is 39.3 Å². The molecule has 17 heteroatoms. The average Bonchev–Trinajstić information content (AvgIpc) is 3.41. The molecule has 4 rings (SSSR count). The molecule has 0 aliphatic heterocycles. The minimum Gasteiger partial charge on any atom is -0.323 e. The molecule has 0 aliphatic carbocycles. The van der Waals surface area contributed by atoms with E-state index < -0.39 is 59.7 Å². The number of aryl methyl sites for hydroxylation is 2. The number of aromatic amines is 1. The van der Waals surface area contributed by atoms with E-state index >= 15 is 0 Å². The van der Waals surface area contributed by atoms with Crippen LogP contribution in [-0.4, -0.2) is 45.5 Å². The van der Waals surface area contributed by atoms with E-state index in [4.69, 9.17) is 11.6 Å². The molecule has 0 bridgehead atoms. The lowest BCUT2D eigenvalue weighted by Gasteiger charge is -2.12. The van der Waals surface area contributed by atoms with Crippen molar-refractivity contribution in [3.63, 3.8) is 0 Å². The minimum atomic E-state index is -4.42. The highest BCUT2D eigenvalue weighted by molar-refractivity contribution is 6.28. The van der Waals surface area contributed by atoms with E-state index in [9.17, 15) is 35.9 Å². The van der Waals surface area contributed by atoms with Crippen molar-refractivity contribution >= 4 is 22.8 Å². The summed E-state index contributed by atoms with van der Waals surface area (Å²) in [6, 6.07) is 1.06. The van der Waals surface area contributed by atoms with E-state index in [1.807, 2.05) is 0 Å². The molecule has 0 radical (unpaired) electrons. The number of rotatable bonds is 9. The highest BCUT2D eigenvalue weighted by Gasteiger charge is 2.27. The topological polar surface area (TPSA) is 116 Å². The predicted molar refractivity (Wildman–Crippen MR) is 116 cm³/mol. The van der Waals surface area contributed by atoms with Crippen molar-refractivity contribution in [2.75, 3.05) is 0 Å². The van der Waals surface area contributed by atoms with Gasteiger partial charge in [-0.25, -0.2) is 18.0 Å². The normalized spacial score (nSPS) is 12.1. The number of hydrogen-bond acceptors (Lipinski definition) is 6. The molecule has 1 N–H and O–H groups in total. The molecule has 0 amide bonds. The van der Waals surface area contributed by atoms with Crippen molar-refractivity contribution in [2.45, 2.75) is 51.5 Å². The maximum atomic E-state index is 13.9. The molecule has 0 aliphatic rings. The van der Waals surface area contributed by atoms with Crippen molar-refractivity contribution in [2.24, 2.45) is 0 Å². The van der Waals surface area contributed by atoms with Crippen LogP contribution >= 0.6 is 11.6 Å². The maximum absolute atomic E-state index is 13.9. The molecular formula is C20H17ClF6N8O2. The van der Waals surface area contributed by atoms with Gasteiger partial charge in [-0.15, -0.1) is 10.2 Å². The number of nitrogens with zero attached hydrogens (tertiary/aromatic N) is 7. The molecule has 10 nitrogen and oxygen atoms in total. The van der Waals surface area contributed by atoms with Gasteiger partial charge < -0.3 is 4.98 Å². The number of nitrogens with one attached hydrogen (secondary N) is 1. The Kier molecular flexibility index (Phi) is 7.38. The molecule has 0 fully saturated rings. The molecule has 0 spiro atoms. The molecule has 0 atom stereocenters. The fraction of sp³-hybridized carbons (Fsp3) is 0.400. The Labute approximate surface area is 207 Å². The Morgan fingerprint density at radius 3 is 2.32 bits per heavy atom. The van der Waals surface area contributed by atoms with Gasteiger partial charge in [-0.3, -0.25) is 13.9 Å². The number of H-pyrrole nitrogens is 1. The Morgan fingerprint density at radius 2 is 1.65 bits per heavy atom. The summed E-state index contributed by atoms with van der Waals surface area (Å²) < 4.78 is 80.3. The summed E-state index contributed by atoms with van der Waals surface area (Å²) in [5, 5.41) is 11.2. The van der Waals surface area contributed by atoms with Gasteiger partial charge in [-0.2, -0.15) is 23.0 Å². The zero-order chi connectivity index (χ0) is 26.9. The van der Waals surface area contributed by atoms with Crippen molar-refractivity contribution in [3.8, 4) is 0 Å². The molecule has 4 aromatic rings. The number of aromatic nitrogens is 8. The number of fused-ring (bicyclic) bond motifs is 1. The van der Waals surface area contributed by atoms with Crippen molar-refractivity contribution in [1.29, 1.82) is 0 Å². The summed E-state index contributed by atoms with van der Waals surface area (Å²) in [6.45, 7) is -0.481. The number of hydrogen-bond donors (Lipinski definition) is 1. The van der Waals surface area contributed by atoms with Crippen LogP contribution in [0.4, 0.5) is 26.3 Å². The smallest absolute Gasteiger partial charge is 0.323 e. The Balaban J connectivity index is 1.49. The zero-order valence-electron chi connectivity index (χ0n) is 18.7. The second kappa shape index (κ2) is 10.4. The highest BCUT2D eigenvalue weighted by atomic mass is 35.5. The van der Waals surface area contributed by atoms with Gasteiger partial charge >= 0.3 is 11.9 Å². The summed E-state index contributed by atoms with van der Waals surface area (Å²) in [4.78, 5) is 33.1. The second-order valence-corrected chi connectivity index (χ2v) is 8.37. The summed E-state index contributed by atoms with van der Waals surface area (Å²) in [6.07, 6.45) is -6.25. The van der Waals surface area contributed by atoms with Gasteiger partial charge in [0.2, 0.25) is 5.28 Å². The first-order valence-electron chi connectivity index (χ1n) is 10.8. The fourth-order valence-electron chi connectivity index (χ4n) is 3.69. The van der Waals surface area contributed by atoms with E-state index in [2.05, 4.69) is 25.4 Å². The van der Waals surface area contributed by atoms with E-state index in [0.29, 0.717) is 12.1 Å². The summed E-state index contributed by atoms with van der Waals surface area (Å²) in [7, 11) is 0. The Morgan fingerprint density at radius 1 is 0.973 bits per heavy atom. The first kappa shape index (κ1) is 26.4. The quantitative estimate of drug-likeness (QED) is 0.253. The van der Waals surface area contributed by atoms with E-state index in [1.165, 1.54) is 0 Å². The monoisotopic (exact) mass is 550 g/mol. The van der Waals surface area contributed by atoms with Crippen LogP contribution in [0.1, 0.15) is 30.7 Å². The van der Waals surface area contributed by atoms with Crippen LogP contribution in [-0.2, 0) is 26.1 Å². The van der Waals surface area contributed by atoms with E-state index in [-0.39, 0.29) is 48.3 Å². The first-order chi connectivity index (χ1) is 17.4. The van der Waals surface area contributed by atoms with Crippen LogP contribution in [0.2, 0.25) is 5.28 Å². The second-order valence-electron chi connectivity index (χ2n) is 8.02. The van der Waals surface area contributed by atoms with Crippen molar-refractivity contribution < 1.29 is 26.3 Å². The number of halogens is 7. The molecule has 0 unspecified atom stereocenters. The average molecular weight is 551 g/mol. The van der Waals surface area contributed by atoms with E-state index in [0.717, 1.165) is 13.9 Å². The van der Waals surface area contributed by atoms with Gasteiger partial charge in [0.15, 0.2) is 17.0 Å². The van der Waals surface area contributed by atoms with Gasteiger partial charge in [0.1, 0.15) is 17.5 Å². The fourth-order valence-corrected chi connectivity index (χ4v) is 3.86. The van der Waals surface area contributed by atoms with E-state index in [1.54, 1.807) is 0 Å². The molecule has 0 saturated heterocycles. The lowest BCUT2D eigenvalue weighted by atomic mass is 10.1. The predicted octanol–water partition coefficient (Wildman–Crippen LogP) is 2.97. The third-order valence-corrected chi connectivity index (χ3v) is 5.53. The number of alkyl halides is 3. The van der Waals surface area contributed by atoms with Gasteiger partial charge in [0, 0.05) is 43.6 Å². The lowest BCUT2D eigenvalue weighted by Crippen LogP contribution is -2.40. The molecular weight excluding hydrogens is 534 g/mol. The van der Waals surface area contributed by atoms with Gasteiger partial charge in [-0.1, -0.05) is 0 Å². The molecule has 198 valence electrons. The van der Waals surface area contributed by atoms with Crippen LogP contribution in [0.3, 0.4) is 0 Å². The SMILES string of the molecule is O=c1c2[nH]c(Cl)nc2n(CCCC(F)(F)F)c(=O)n1CCCn1nnc(Cc2c(F)cc(F)cc2F)n1. The van der Waals surface area contributed by atoms with Crippen molar-refractivity contribution in [3.05, 3.63) is 67.1 Å². The zero-order valence-corrected chi connectivity index (χ0v) is 19.5. The molecule has 37 heavy (non-hydrogen) atoms. The molecule has 3 heterocycles. The van der Waals surface area contributed by atoms with Crippen LogP contribution in [0.5, 0.6) is 0 Å². The van der Waals surface area contributed by atoms with Crippen LogP contribution in [0.15, 0.2) is 21.7 Å². The number of tetrazole rings is 1. The van der Waals surface area contributed by atoms with Gasteiger partial charge in [-0.05, 0) is 29.7 Å². The third kappa shape index (κ3) is 6.00. The molecule has 1 aromatic carbocycles. The summed E-state index contributed by atoms with van der Waals surface area (Å²) in [5.74, 6) is -3.33. The standard InChI is InChI=1S/C20H17ClF6N8O2/c21-18-28-15-16(29-18)33(4-1-3-20(25,26)27)19(37)34(17(15)36)5-2-6-35-31-14(30-32-35)9-11-12(23)7-10(22)8-13(11)24/h7-8H,1-6,9H2,(H,28,29). The largest absolute Gasteiger partial charge is 0.389 e. The van der Waals surface area contributed by atoms with Crippen LogP contribution in [0.25, 0.3) is 11.2 Å². The van der Waals surface area contributed by atoms with Gasteiger partial charge in [0.25, 0.3) is 5.56 Å². The molecule has 3 aromatic heterocycles. The third-order valence-electron chi connectivity index (χ3n) is 5.35. The van der Waals surface area contributed by atoms with Crippen LogP contribution < -0.4 is 11.2 Å².